The quantitative estimate of drug-likeness (QED) is 0.370. The Hall–Kier alpha value is -1.21. The highest BCUT2D eigenvalue weighted by molar-refractivity contribution is 5.34. The van der Waals surface area contributed by atoms with Crippen LogP contribution in [0.3, 0.4) is 0 Å². The lowest BCUT2D eigenvalue weighted by molar-refractivity contribution is -0.0979. The predicted octanol–water partition coefficient (Wildman–Crippen LogP) is 0.671. The van der Waals surface area contributed by atoms with Crippen molar-refractivity contribution in [2.45, 2.75) is 6.92 Å². The molecule has 3 heteroatoms. The molecule has 0 heterocycles. The van der Waals surface area contributed by atoms with E-state index in [9.17, 15) is 4.79 Å². The standard InChI is InChI=1S/C4H5NO.CH2O/c1-2-3-5-4-6;1-2/h2-3H,1H3;1H2/b3-2-;. The molecule has 0 aromatic heterocycles. The Labute approximate surface area is 47.7 Å². The van der Waals surface area contributed by atoms with Gasteiger partial charge in [-0.05, 0) is 6.92 Å². The van der Waals surface area contributed by atoms with Gasteiger partial charge in [0.1, 0.15) is 6.79 Å². The van der Waals surface area contributed by atoms with E-state index in [1.165, 1.54) is 12.3 Å². The third-order valence-corrected chi connectivity index (χ3v) is 0.276. The number of carbonyl (C=O) groups excluding carboxylic acids is 2. The van der Waals surface area contributed by atoms with Crippen molar-refractivity contribution in [3.05, 3.63) is 12.3 Å². The van der Waals surface area contributed by atoms with Gasteiger partial charge in [0, 0.05) is 6.20 Å². The molecule has 0 spiro atoms. The van der Waals surface area contributed by atoms with E-state index in [0.717, 1.165) is 0 Å². The second-order valence-electron chi connectivity index (χ2n) is 0.703. The van der Waals surface area contributed by atoms with Gasteiger partial charge in [-0.25, -0.2) is 4.79 Å². The van der Waals surface area contributed by atoms with Crippen molar-refractivity contribution in [2.24, 2.45) is 4.99 Å². The van der Waals surface area contributed by atoms with Crippen molar-refractivity contribution >= 4 is 12.9 Å². The summed E-state index contributed by atoms with van der Waals surface area (Å²) in [5.41, 5.74) is 0. The van der Waals surface area contributed by atoms with Crippen molar-refractivity contribution in [3.63, 3.8) is 0 Å². The Kier molecular flexibility index (Phi) is 21.2. The van der Waals surface area contributed by atoms with Crippen LogP contribution in [0.15, 0.2) is 17.3 Å². The molecular formula is C5H7NO2. The van der Waals surface area contributed by atoms with Gasteiger partial charge in [0.2, 0.25) is 6.08 Å². The summed E-state index contributed by atoms with van der Waals surface area (Å²) < 4.78 is 0. The fraction of sp³-hybridized carbons (Fsp3) is 0.200. The van der Waals surface area contributed by atoms with E-state index in [-0.39, 0.29) is 0 Å². The molecule has 0 saturated heterocycles. The number of nitrogens with zero attached hydrogens (tertiary/aromatic N) is 1. The van der Waals surface area contributed by atoms with Gasteiger partial charge in [0.25, 0.3) is 0 Å². The summed E-state index contributed by atoms with van der Waals surface area (Å²) in [5, 5.41) is 0. The first kappa shape index (κ1) is 9.92. The molecule has 0 aliphatic heterocycles. The molecule has 0 unspecified atom stereocenters. The van der Waals surface area contributed by atoms with E-state index >= 15 is 0 Å². The normalized spacial score (nSPS) is 6.62. The highest BCUT2D eigenvalue weighted by Gasteiger charge is 1.48. The van der Waals surface area contributed by atoms with Gasteiger partial charge in [-0.2, -0.15) is 4.99 Å². The van der Waals surface area contributed by atoms with Crippen LogP contribution >= 0.6 is 0 Å². The highest BCUT2D eigenvalue weighted by Crippen LogP contribution is 1.64. The lowest BCUT2D eigenvalue weighted by Crippen LogP contribution is -1.42. The zero-order valence-electron chi connectivity index (χ0n) is 4.63. The van der Waals surface area contributed by atoms with Crippen LogP contribution in [0.5, 0.6) is 0 Å². The van der Waals surface area contributed by atoms with Crippen LogP contribution in [-0.4, -0.2) is 12.9 Å². The summed E-state index contributed by atoms with van der Waals surface area (Å²) in [7, 11) is 0. The number of carbonyl (C=O) groups is 1. The molecule has 0 amide bonds. The van der Waals surface area contributed by atoms with Gasteiger partial charge in [0.05, 0.1) is 0 Å². The number of aliphatic imine (C=N–C) groups is 1. The van der Waals surface area contributed by atoms with E-state index in [4.69, 9.17) is 4.79 Å². The molecular weight excluding hydrogens is 106 g/mol. The van der Waals surface area contributed by atoms with Crippen LogP contribution in [-0.2, 0) is 9.59 Å². The molecule has 0 aromatic carbocycles. The average molecular weight is 113 g/mol. The van der Waals surface area contributed by atoms with E-state index in [2.05, 4.69) is 4.99 Å². The Balaban J connectivity index is 0. The number of allylic oxidation sites excluding steroid dienone is 1. The fourth-order valence-corrected chi connectivity index (χ4v) is 0.105. The molecule has 0 radical (unpaired) electrons. The zero-order chi connectivity index (χ0) is 6.83. The SMILES string of the molecule is C/C=C\N=C=O.C=O. The van der Waals surface area contributed by atoms with E-state index in [1.54, 1.807) is 13.0 Å². The maximum atomic E-state index is 9.22. The molecule has 0 atom stereocenters. The third kappa shape index (κ3) is 21.5. The van der Waals surface area contributed by atoms with Crippen LogP contribution in [0.4, 0.5) is 0 Å². The molecule has 0 aliphatic rings. The topological polar surface area (TPSA) is 46.5 Å². The van der Waals surface area contributed by atoms with E-state index in [0.29, 0.717) is 0 Å². The average Bonchev–Trinajstić information content (AvgIpc) is 1.88. The van der Waals surface area contributed by atoms with Crippen molar-refractivity contribution in [1.29, 1.82) is 0 Å². The lowest BCUT2D eigenvalue weighted by atomic mass is 10.7. The van der Waals surface area contributed by atoms with Crippen molar-refractivity contribution in [1.82, 2.24) is 0 Å². The second-order valence-corrected chi connectivity index (χ2v) is 0.703. The molecule has 8 heavy (non-hydrogen) atoms. The number of isocyanates is 1. The Morgan fingerprint density at radius 2 is 2.12 bits per heavy atom. The van der Waals surface area contributed by atoms with Gasteiger partial charge in [0.15, 0.2) is 0 Å². The summed E-state index contributed by atoms with van der Waals surface area (Å²) >= 11 is 0. The van der Waals surface area contributed by atoms with E-state index in [1.807, 2.05) is 6.79 Å². The summed E-state index contributed by atoms with van der Waals surface area (Å²) in [4.78, 5) is 20.3. The zero-order valence-corrected chi connectivity index (χ0v) is 4.63. The lowest BCUT2D eigenvalue weighted by Gasteiger charge is -1.55. The van der Waals surface area contributed by atoms with Gasteiger partial charge in [-0.3, -0.25) is 0 Å². The van der Waals surface area contributed by atoms with Crippen LogP contribution in [0, 0.1) is 0 Å². The summed E-state index contributed by atoms with van der Waals surface area (Å²) in [6, 6.07) is 0. The monoisotopic (exact) mass is 113 g/mol. The number of hydrogen-bond acceptors (Lipinski definition) is 3. The maximum absolute atomic E-state index is 9.22. The molecule has 0 rings (SSSR count). The molecule has 3 nitrogen and oxygen atoms in total. The first-order valence-electron chi connectivity index (χ1n) is 1.89. The molecule has 0 N–H and O–H groups in total. The van der Waals surface area contributed by atoms with Gasteiger partial charge >= 0.3 is 0 Å². The molecule has 0 saturated carbocycles. The summed E-state index contributed by atoms with van der Waals surface area (Å²) in [6.07, 6.45) is 4.40. The van der Waals surface area contributed by atoms with Crippen LogP contribution in [0.25, 0.3) is 0 Å². The predicted molar refractivity (Wildman–Crippen MR) is 30.1 cm³/mol. The molecule has 0 bridgehead atoms. The number of hydrogen-bond donors (Lipinski definition) is 0. The van der Waals surface area contributed by atoms with Gasteiger partial charge < -0.3 is 4.79 Å². The molecule has 0 aliphatic carbocycles. The minimum absolute atomic E-state index is 1.36. The van der Waals surface area contributed by atoms with Gasteiger partial charge in [-0.1, -0.05) is 6.08 Å². The molecule has 0 aromatic rings. The maximum Gasteiger partial charge on any atom is 0.239 e. The minimum atomic E-state index is 1.36. The highest BCUT2D eigenvalue weighted by atomic mass is 16.1. The first-order valence-corrected chi connectivity index (χ1v) is 1.89. The summed E-state index contributed by atoms with van der Waals surface area (Å²) in [5.74, 6) is 0. The largest absolute Gasteiger partial charge is 0.307 e. The van der Waals surface area contributed by atoms with Gasteiger partial charge in [-0.15, -0.1) is 0 Å². The first-order chi connectivity index (χ1) is 3.91. The number of rotatable bonds is 1. The summed E-state index contributed by atoms with van der Waals surface area (Å²) in [6.45, 7) is 3.78. The molecule has 44 valence electrons. The second kappa shape index (κ2) is 17.1. The van der Waals surface area contributed by atoms with Crippen LogP contribution in [0.2, 0.25) is 0 Å². The van der Waals surface area contributed by atoms with Crippen molar-refractivity contribution < 1.29 is 9.59 Å². The van der Waals surface area contributed by atoms with Crippen LogP contribution < -0.4 is 0 Å². The Morgan fingerprint density at radius 1 is 1.62 bits per heavy atom. The molecule has 0 fully saturated rings. The fourth-order valence-electron chi connectivity index (χ4n) is 0.105. The third-order valence-electron chi connectivity index (χ3n) is 0.276. The smallest absolute Gasteiger partial charge is 0.239 e. The van der Waals surface area contributed by atoms with E-state index < -0.39 is 0 Å². The minimum Gasteiger partial charge on any atom is -0.307 e. The van der Waals surface area contributed by atoms with Crippen molar-refractivity contribution in [3.8, 4) is 0 Å². The Bertz CT molecular complexity index is 103. The Morgan fingerprint density at radius 3 is 2.25 bits per heavy atom. The van der Waals surface area contributed by atoms with Crippen LogP contribution in [0.1, 0.15) is 6.92 Å². The van der Waals surface area contributed by atoms with Crippen molar-refractivity contribution in [2.75, 3.05) is 0 Å².